The summed E-state index contributed by atoms with van der Waals surface area (Å²) < 4.78 is 18.7. The van der Waals surface area contributed by atoms with Crippen LogP contribution in [0, 0.1) is 0 Å². The van der Waals surface area contributed by atoms with Gasteiger partial charge in [-0.25, -0.2) is 9.79 Å². The Bertz CT molecular complexity index is 1510. The van der Waals surface area contributed by atoms with E-state index in [9.17, 15) is 9.59 Å². The molecule has 0 bridgehead atoms. The topological polar surface area (TPSA) is 79.1 Å². The zero-order chi connectivity index (χ0) is 26.7. The molecular weight excluding hydrogens is 488 g/mol. The molecule has 2 aromatic carbocycles. The molecule has 1 aromatic heterocycles. The van der Waals surface area contributed by atoms with Crippen LogP contribution in [-0.4, -0.2) is 30.9 Å². The van der Waals surface area contributed by atoms with Crippen molar-refractivity contribution in [3.8, 4) is 11.5 Å². The number of aromatic nitrogens is 1. The van der Waals surface area contributed by atoms with Gasteiger partial charge in [0.25, 0.3) is 5.56 Å². The predicted octanol–water partition coefficient (Wildman–Crippen LogP) is 4.33. The van der Waals surface area contributed by atoms with Gasteiger partial charge in [0, 0.05) is 0 Å². The molecule has 1 aliphatic heterocycles. The Morgan fingerprint density at radius 3 is 2.46 bits per heavy atom. The molecule has 1 unspecified atom stereocenters. The maximum absolute atomic E-state index is 13.8. The van der Waals surface area contributed by atoms with Crippen LogP contribution < -0.4 is 24.4 Å². The molecule has 0 aliphatic carbocycles. The highest BCUT2D eigenvalue weighted by Crippen LogP contribution is 2.36. The lowest BCUT2D eigenvalue weighted by atomic mass is 9.95. The van der Waals surface area contributed by atoms with Crippen molar-refractivity contribution in [2.24, 2.45) is 4.99 Å². The van der Waals surface area contributed by atoms with E-state index in [0.717, 1.165) is 5.56 Å². The first kappa shape index (κ1) is 26.4. The van der Waals surface area contributed by atoms with Crippen molar-refractivity contribution in [3.63, 3.8) is 0 Å². The van der Waals surface area contributed by atoms with Crippen molar-refractivity contribution >= 4 is 23.4 Å². The highest BCUT2D eigenvalue weighted by molar-refractivity contribution is 7.07. The van der Waals surface area contributed by atoms with Crippen LogP contribution in [0.4, 0.5) is 0 Å². The Kier molecular flexibility index (Phi) is 7.97. The molecule has 0 saturated carbocycles. The number of thiazole rings is 1. The molecule has 0 spiro atoms. The number of hydrogen-bond donors (Lipinski definition) is 0. The summed E-state index contributed by atoms with van der Waals surface area (Å²) in [5.74, 6) is 1.03. The largest absolute Gasteiger partial charge is 0.493 e. The molecule has 4 rings (SSSR count). The molecule has 0 radical (unpaired) electrons. The third kappa shape index (κ3) is 5.25. The molecule has 0 fully saturated rings. The van der Waals surface area contributed by atoms with Crippen LogP contribution in [0.25, 0.3) is 6.08 Å². The zero-order valence-corrected chi connectivity index (χ0v) is 22.8. The van der Waals surface area contributed by atoms with Crippen molar-refractivity contribution in [2.75, 3.05) is 20.3 Å². The number of carbonyl (C=O) groups excluding carboxylic acids is 1. The van der Waals surface area contributed by atoms with Gasteiger partial charge in [-0.3, -0.25) is 9.36 Å². The summed E-state index contributed by atoms with van der Waals surface area (Å²) in [6, 6.07) is 12.9. The maximum Gasteiger partial charge on any atom is 0.338 e. The lowest BCUT2D eigenvalue weighted by Gasteiger charge is -2.25. The number of fused-ring (bicyclic) bond motifs is 1. The third-order valence-corrected chi connectivity index (χ3v) is 7.20. The summed E-state index contributed by atoms with van der Waals surface area (Å²) in [5, 5.41) is 0. The molecule has 194 valence electrons. The smallest absolute Gasteiger partial charge is 0.338 e. The van der Waals surface area contributed by atoms with E-state index in [-0.39, 0.29) is 12.2 Å². The van der Waals surface area contributed by atoms with Crippen molar-refractivity contribution in [1.82, 2.24) is 4.57 Å². The summed E-state index contributed by atoms with van der Waals surface area (Å²) in [5.41, 5.74) is 3.50. The molecule has 7 nitrogen and oxygen atoms in total. The second kappa shape index (κ2) is 11.2. The SMILES string of the molecule is CCOC(=O)C1=C(C)N=c2s/c(=C\c3ccc(C(C)C)cc3)c(=O)n2C1c1ccc(OC)c(OCC)c1. The van der Waals surface area contributed by atoms with Gasteiger partial charge in [-0.2, -0.15) is 0 Å². The van der Waals surface area contributed by atoms with Crippen LogP contribution in [-0.2, 0) is 9.53 Å². The van der Waals surface area contributed by atoms with Crippen molar-refractivity contribution in [2.45, 2.75) is 46.6 Å². The highest BCUT2D eigenvalue weighted by atomic mass is 32.1. The fourth-order valence-corrected chi connectivity index (χ4v) is 5.41. The van der Waals surface area contributed by atoms with E-state index in [1.54, 1.807) is 31.6 Å². The Hall–Kier alpha value is -3.65. The molecule has 0 N–H and O–H groups in total. The Labute approximate surface area is 220 Å². The number of nitrogens with zero attached hydrogens (tertiary/aromatic N) is 2. The summed E-state index contributed by atoms with van der Waals surface area (Å²) in [6.07, 6.45) is 1.87. The van der Waals surface area contributed by atoms with Crippen LogP contribution in [0.5, 0.6) is 11.5 Å². The number of methoxy groups -OCH3 is 1. The molecular formula is C29H32N2O5S. The Balaban J connectivity index is 1.92. The molecule has 0 saturated heterocycles. The zero-order valence-electron chi connectivity index (χ0n) is 22.0. The first-order valence-corrected chi connectivity index (χ1v) is 13.2. The van der Waals surface area contributed by atoms with E-state index in [2.05, 4.69) is 31.0 Å². The average molecular weight is 521 g/mol. The molecule has 1 aliphatic rings. The fraction of sp³-hybridized carbons (Fsp3) is 0.345. The molecule has 0 amide bonds. The van der Waals surface area contributed by atoms with Crippen LogP contribution in [0.15, 0.2) is 63.5 Å². The van der Waals surface area contributed by atoms with E-state index in [0.29, 0.717) is 50.2 Å². The quantitative estimate of drug-likeness (QED) is 0.413. The number of ether oxygens (including phenoxy) is 3. The van der Waals surface area contributed by atoms with E-state index in [4.69, 9.17) is 14.2 Å². The molecule has 2 heterocycles. The van der Waals surface area contributed by atoms with E-state index < -0.39 is 12.0 Å². The number of rotatable bonds is 8. The first-order valence-electron chi connectivity index (χ1n) is 12.4. The van der Waals surface area contributed by atoms with Crippen LogP contribution in [0.1, 0.15) is 63.3 Å². The average Bonchev–Trinajstić information content (AvgIpc) is 3.18. The Morgan fingerprint density at radius 2 is 1.84 bits per heavy atom. The number of allylic oxidation sites excluding steroid dienone is 1. The van der Waals surface area contributed by atoms with Crippen molar-refractivity contribution in [1.29, 1.82) is 0 Å². The summed E-state index contributed by atoms with van der Waals surface area (Å²) in [7, 11) is 1.57. The Morgan fingerprint density at radius 1 is 1.11 bits per heavy atom. The summed E-state index contributed by atoms with van der Waals surface area (Å²) in [6.45, 7) is 10.4. The van der Waals surface area contributed by atoms with Gasteiger partial charge in [0.15, 0.2) is 16.3 Å². The molecule has 1 atom stereocenters. The van der Waals surface area contributed by atoms with Gasteiger partial charge in [0.05, 0.1) is 42.2 Å². The van der Waals surface area contributed by atoms with Gasteiger partial charge < -0.3 is 14.2 Å². The van der Waals surface area contributed by atoms with Gasteiger partial charge in [-0.15, -0.1) is 0 Å². The van der Waals surface area contributed by atoms with Crippen LogP contribution >= 0.6 is 11.3 Å². The predicted molar refractivity (Wildman–Crippen MR) is 145 cm³/mol. The lowest BCUT2D eigenvalue weighted by Crippen LogP contribution is -2.40. The van der Waals surface area contributed by atoms with Crippen molar-refractivity contribution in [3.05, 3.63) is 90.1 Å². The van der Waals surface area contributed by atoms with Crippen LogP contribution in [0.3, 0.4) is 0 Å². The number of esters is 1. The second-order valence-corrected chi connectivity index (χ2v) is 9.98. The van der Waals surface area contributed by atoms with Crippen LogP contribution in [0.2, 0.25) is 0 Å². The third-order valence-electron chi connectivity index (χ3n) is 6.22. The first-order chi connectivity index (χ1) is 17.8. The van der Waals surface area contributed by atoms with E-state index >= 15 is 0 Å². The van der Waals surface area contributed by atoms with Gasteiger partial charge >= 0.3 is 5.97 Å². The van der Waals surface area contributed by atoms with Gasteiger partial charge in [0.2, 0.25) is 0 Å². The minimum absolute atomic E-state index is 0.214. The standard InChI is InChI=1S/C29H32N2O5S/c1-7-35-23-16-21(13-14-22(23)34-6)26-25(28(33)36-8-2)18(5)30-29-31(26)27(32)24(37-29)15-19-9-11-20(12-10-19)17(3)4/h9-17,26H,7-8H2,1-6H3/b24-15-. The summed E-state index contributed by atoms with van der Waals surface area (Å²) in [4.78, 5) is 32.1. The molecule has 3 aromatic rings. The summed E-state index contributed by atoms with van der Waals surface area (Å²) >= 11 is 1.30. The molecule has 37 heavy (non-hydrogen) atoms. The van der Waals surface area contributed by atoms with Gasteiger partial charge in [-0.05, 0) is 61.6 Å². The highest BCUT2D eigenvalue weighted by Gasteiger charge is 2.34. The van der Waals surface area contributed by atoms with E-state index in [1.807, 2.05) is 37.3 Å². The normalized spacial score (nSPS) is 15.4. The monoisotopic (exact) mass is 520 g/mol. The molecule has 8 heteroatoms. The number of carbonyl (C=O) groups is 1. The van der Waals surface area contributed by atoms with Crippen molar-refractivity contribution < 1.29 is 19.0 Å². The lowest BCUT2D eigenvalue weighted by molar-refractivity contribution is -0.139. The second-order valence-electron chi connectivity index (χ2n) is 8.97. The number of benzene rings is 2. The van der Waals surface area contributed by atoms with Gasteiger partial charge in [-0.1, -0.05) is 55.5 Å². The van der Waals surface area contributed by atoms with E-state index in [1.165, 1.54) is 16.9 Å². The minimum Gasteiger partial charge on any atom is -0.493 e. The maximum atomic E-state index is 13.8. The minimum atomic E-state index is -0.717. The fourth-order valence-electron chi connectivity index (χ4n) is 4.37. The van der Waals surface area contributed by atoms with Gasteiger partial charge in [0.1, 0.15) is 0 Å². The number of hydrogen-bond acceptors (Lipinski definition) is 7.